The van der Waals surface area contributed by atoms with E-state index in [4.69, 9.17) is 4.74 Å². The third kappa shape index (κ3) is 3.88. The number of Topliss-reactive ketones (excluding diaryl/α,β-unsaturated/α-hetero) is 1. The molecule has 0 amide bonds. The van der Waals surface area contributed by atoms with Crippen molar-refractivity contribution < 1.29 is 9.53 Å². The lowest BCUT2D eigenvalue weighted by Crippen LogP contribution is -2.29. The molecule has 0 aliphatic carbocycles. The van der Waals surface area contributed by atoms with E-state index in [1.54, 1.807) is 0 Å². The Morgan fingerprint density at radius 2 is 2.26 bits per heavy atom. The van der Waals surface area contributed by atoms with Gasteiger partial charge in [-0.3, -0.25) is 4.79 Å². The number of ketones is 1. The van der Waals surface area contributed by atoms with Crippen LogP contribution >= 0.6 is 0 Å². The van der Waals surface area contributed by atoms with Crippen LogP contribution in [0.25, 0.3) is 0 Å². The minimum atomic E-state index is -0.0497. The van der Waals surface area contributed by atoms with E-state index in [1.165, 1.54) is 11.1 Å². The molecule has 2 unspecified atom stereocenters. The summed E-state index contributed by atoms with van der Waals surface area (Å²) in [5.74, 6) is 0.273. The first kappa shape index (κ1) is 14.2. The second-order valence-electron chi connectivity index (χ2n) is 5.21. The highest BCUT2D eigenvalue weighted by atomic mass is 16.5. The summed E-state index contributed by atoms with van der Waals surface area (Å²) in [6, 6.07) is 8.54. The smallest absolute Gasteiger partial charge is 0.137 e. The van der Waals surface area contributed by atoms with Crippen molar-refractivity contribution in [3.05, 3.63) is 35.4 Å². The zero-order valence-corrected chi connectivity index (χ0v) is 11.8. The number of fused-ring (bicyclic) bond motifs is 1. The number of carbonyl (C=O) groups excluding carboxylic acids is 1. The van der Waals surface area contributed by atoms with Crippen LogP contribution in [0.1, 0.15) is 43.9 Å². The Kier molecular flexibility index (Phi) is 5.11. The van der Waals surface area contributed by atoms with Crippen molar-refractivity contribution in [2.75, 3.05) is 13.2 Å². The summed E-state index contributed by atoms with van der Waals surface area (Å²) in [6.45, 7) is 5.73. The van der Waals surface area contributed by atoms with E-state index in [1.807, 2.05) is 6.07 Å². The molecule has 1 aromatic carbocycles. The van der Waals surface area contributed by atoms with Gasteiger partial charge < -0.3 is 10.1 Å². The average molecular weight is 261 g/mol. The number of hydrogen-bond donors (Lipinski definition) is 1. The highest BCUT2D eigenvalue weighted by molar-refractivity contribution is 5.79. The molecule has 0 saturated heterocycles. The maximum absolute atomic E-state index is 12.1. The Hall–Kier alpha value is -1.19. The zero-order valence-electron chi connectivity index (χ0n) is 11.8. The largest absolute Gasteiger partial charge is 0.373 e. The Morgan fingerprint density at radius 1 is 1.47 bits per heavy atom. The Balaban J connectivity index is 1.95. The molecular formula is C16H23NO2. The van der Waals surface area contributed by atoms with Gasteiger partial charge in [0.1, 0.15) is 5.78 Å². The summed E-state index contributed by atoms with van der Waals surface area (Å²) < 4.78 is 5.78. The van der Waals surface area contributed by atoms with Crippen molar-refractivity contribution in [2.24, 2.45) is 0 Å². The summed E-state index contributed by atoms with van der Waals surface area (Å²) in [7, 11) is 0. The van der Waals surface area contributed by atoms with Gasteiger partial charge in [0.2, 0.25) is 0 Å². The van der Waals surface area contributed by atoms with E-state index < -0.39 is 0 Å². The van der Waals surface area contributed by atoms with Crippen LogP contribution in [-0.4, -0.2) is 25.0 Å². The molecule has 0 saturated carbocycles. The molecule has 1 aliphatic rings. The molecule has 0 bridgehead atoms. The van der Waals surface area contributed by atoms with E-state index in [-0.39, 0.29) is 17.9 Å². The lowest BCUT2D eigenvalue weighted by Gasteiger charge is -2.26. The van der Waals surface area contributed by atoms with Crippen LogP contribution in [0, 0.1) is 0 Å². The third-order valence-corrected chi connectivity index (χ3v) is 3.59. The van der Waals surface area contributed by atoms with Gasteiger partial charge in [-0.2, -0.15) is 0 Å². The summed E-state index contributed by atoms with van der Waals surface area (Å²) in [5, 5.41) is 3.27. The first-order chi connectivity index (χ1) is 9.20. The summed E-state index contributed by atoms with van der Waals surface area (Å²) in [5.41, 5.74) is 2.52. The molecule has 0 aromatic heterocycles. The molecule has 1 heterocycles. The summed E-state index contributed by atoms with van der Waals surface area (Å²) in [4.78, 5) is 12.1. The normalized spacial score (nSPS) is 19.8. The third-order valence-electron chi connectivity index (χ3n) is 3.59. The molecule has 104 valence electrons. The zero-order chi connectivity index (χ0) is 13.7. The van der Waals surface area contributed by atoms with Crippen LogP contribution in [0.5, 0.6) is 0 Å². The molecule has 0 spiro atoms. The summed E-state index contributed by atoms with van der Waals surface area (Å²) >= 11 is 0. The molecule has 2 atom stereocenters. The number of nitrogens with one attached hydrogen (secondary N) is 1. The Morgan fingerprint density at radius 3 is 3.05 bits per heavy atom. The van der Waals surface area contributed by atoms with Gasteiger partial charge in [-0.25, -0.2) is 0 Å². The molecule has 3 heteroatoms. The first-order valence-corrected chi connectivity index (χ1v) is 7.15. The number of rotatable bonds is 6. The van der Waals surface area contributed by atoms with Crippen molar-refractivity contribution in [3.8, 4) is 0 Å². The van der Waals surface area contributed by atoms with Gasteiger partial charge in [-0.15, -0.1) is 0 Å². The van der Waals surface area contributed by atoms with Gasteiger partial charge in [0, 0.05) is 18.9 Å². The number of carbonyl (C=O) groups is 1. The molecule has 3 nitrogen and oxygen atoms in total. The number of benzene rings is 1. The maximum Gasteiger partial charge on any atom is 0.137 e. The molecular weight excluding hydrogens is 238 g/mol. The molecule has 19 heavy (non-hydrogen) atoms. The predicted molar refractivity (Wildman–Crippen MR) is 76.2 cm³/mol. The van der Waals surface area contributed by atoms with E-state index in [2.05, 4.69) is 37.4 Å². The highest BCUT2D eigenvalue weighted by Gasteiger charge is 2.23. The second kappa shape index (κ2) is 6.83. The number of ether oxygens (including phenoxy) is 1. The van der Waals surface area contributed by atoms with E-state index in [9.17, 15) is 4.79 Å². The minimum absolute atomic E-state index is 0.0497. The van der Waals surface area contributed by atoms with Crippen LogP contribution in [0.3, 0.4) is 0 Å². The summed E-state index contributed by atoms with van der Waals surface area (Å²) in [6.07, 6.45) is 1.98. The fourth-order valence-corrected chi connectivity index (χ4v) is 2.70. The fourth-order valence-electron chi connectivity index (χ4n) is 2.70. The molecule has 0 radical (unpaired) electrons. The second-order valence-corrected chi connectivity index (χ2v) is 5.21. The first-order valence-electron chi connectivity index (χ1n) is 7.15. The van der Waals surface area contributed by atoms with Crippen LogP contribution in [0.15, 0.2) is 24.3 Å². The Labute approximate surface area is 115 Å². The van der Waals surface area contributed by atoms with Gasteiger partial charge >= 0.3 is 0 Å². The number of hydrogen-bond acceptors (Lipinski definition) is 3. The highest BCUT2D eigenvalue weighted by Crippen LogP contribution is 2.29. The Bertz CT molecular complexity index is 431. The van der Waals surface area contributed by atoms with Gasteiger partial charge in [-0.05, 0) is 31.0 Å². The van der Waals surface area contributed by atoms with Crippen LogP contribution in [-0.2, 0) is 16.0 Å². The van der Waals surface area contributed by atoms with E-state index in [0.717, 1.165) is 19.6 Å². The van der Waals surface area contributed by atoms with Crippen molar-refractivity contribution >= 4 is 5.78 Å². The molecule has 2 rings (SSSR count). The minimum Gasteiger partial charge on any atom is -0.373 e. The van der Waals surface area contributed by atoms with Crippen LogP contribution in [0.4, 0.5) is 0 Å². The maximum atomic E-state index is 12.1. The lowest BCUT2D eigenvalue weighted by molar-refractivity contribution is -0.122. The van der Waals surface area contributed by atoms with Crippen molar-refractivity contribution in [3.63, 3.8) is 0 Å². The quantitative estimate of drug-likeness (QED) is 0.855. The van der Waals surface area contributed by atoms with E-state index >= 15 is 0 Å². The molecule has 1 aromatic rings. The fraction of sp³-hybridized carbons (Fsp3) is 0.562. The van der Waals surface area contributed by atoms with Crippen molar-refractivity contribution in [1.82, 2.24) is 5.32 Å². The SMILES string of the molecule is CCNC(C)CC(=O)CC1OCCc2ccccc21. The monoisotopic (exact) mass is 261 g/mol. The lowest BCUT2D eigenvalue weighted by atomic mass is 9.93. The van der Waals surface area contributed by atoms with Crippen LogP contribution in [0.2, 0.25) is 0 Å². The topological polar surface area (TPSA) is 38.3 Å². The van der Waals surface area contributed by atoms with Gasteiger partial charge in [0.05, 0.1) is 12.7 Å². The molecule has 1 aliphatic heterocycles. The van der Waals surface area contributed by atoms with E-state index in [0.29, 0.717) is 12.8 Å². The molecule has 1 N–H and O–H groups in total. The van der Waals surface area contributed by atoms with Crippen LogP contribution < -0.4 is 5.32 Å². The molecule has 0 fully saturated rings. The average Bonchev–Trinajstić information content (AvgIpc) is 2.39. The van der Waals surface area contributed by atoms with Gasteiger partial charge in [0.15, 0.2) is 0 Å². The predicted octanol–water partition coefficient (Wildman–Crippen LogP) is 2.65. The standard InChI is InChI=1S/C16H23NO2/c1-3-17-12(2)10-14(18)11-16-15-7-5-4-6-13(15)8-9-19-16/h4-7,12,16-17H,3,8-11H2,1-2H3. The van der Waals surface area contributed by atoms with Gasteiger partial charge in [-0.1, -0.05) is 31.2 Å². The van der Waals surface area contributed by atoms with Crippen molar-refractivity contribution in [1.29, 1.82) is 0 Å². The van der Waals surface area contributed by atoms with Gasteiger partial charge in [0.25, 0.3) is 0 Å². The van der Waals surface area contributed by atoms with Crippen molar-refractivity contribution in [2.45, 2.75) is 45.3 Å².